The summed E-state index contributed by atoms with van der Waals surface area (Å²) in [6, 6.07) is 25.3. The summed E-state index contributed by atoms with van der Waals surface area (Å²) in [4.78, 5) is 31.3. The van der Waals surface area contributed by atoms with Crippen molar-refractivity contribution in [3.05, 3.63) is 118 Å². The number of Topliss-reactive ketones (excluding diaryl/α,β-unsaturated/α-hetero) is 1. The minimum absolute atomic E-state index is 0.000966. The van der Waals surface area contributed by atoms with Crippen LogP contribution in [0.2, 0.25) is 5.02 Å². The van der Waals surface area contributed by atoms with Crippen LogP contribution in [-0.2, 0) is 25.5 Å². The summed E-state index contributed by atoms with van der Waals surface area (Å²) in [5.74, 6) is -0.433. The SMILES string of the molecule is Cc1nc(-c2c(F)cc(Cl)cc2-c2ccc3c(c2)CC[C@@H]3CC(=O)C2(CC(=O)OCC3c4ccccc4-c4ccccc43)COC2)no1. The fourth-order valence-electron chi connectivity index (χ4n) is 7.61. The van der Waals surface area contributed by atoms with Gasteiger partial charge < -0.3 is 14.0 Å². The number of esters is 1. The highest BCUT2D eigenvalue weighted by molar-refractivity contribution is 6.31. The van der Waals surface area contributed by atoms with Crippen LogP contribution < -0.4 is 0 Å². The van der Waals surface area contributed by atoms with Gasteiger partial charge in [0, 0.05) is 24.3 Å². The lowest BCUT2D eigenvalue weighted by molar-refractivity contribution is -0.173. The zero-order valence-electron chi connectivity index (χ0n) is 26.3. The predicted octanol–water partition coefficient (Wildman–Crippen LogP) is 8.26. The van der Waals surface area contributed by atoms with Crippen molar-refractivity contribution in [1.29, 1.82) is 0 Å². The number of nitrogens with zero attached hydrogens (tertiary/aromatic N) is 2. The highest BCUT2D eigenvalue weighted by Crippen LogP contribution is 2.46. The van der Waals surface area contributed by atoms with Crippen molar-refractivity contribution in [2.24, 2.45) is 5.41 Å². The molecule has 0 spiro atoms. The predicted molar refractivity (Wildman–Crippen MR) is 178 cm³/mol. The molecule has 1 atom stereocenters. The molecule has 1 fully saturated rings. The van der Waals surface area contributed by atoms with Gasteiger partial charge in [0.15, 0.2) is 0 Å². The van der Waals surface area contributed by atoms with Crippen molar-refractivity contribution in [2.75, 3.05) is 19.8 Å². The van der Waals surface area contributed by atoms with Crippen LogP contribution in [-0.4, -0.2) is 41.7 Å². The number of fused-ring (bicyclic) bond motifs is 4. The number of aryl methyl sites for hydroxylation is 2. The van der Waals surface area contributed by atoms with Crippen LogP contribution in [0.15, 0.2) is 83.4 Å². The summed E-state index contributed by atoms with van der Waals surface area (Å²) >= 11 is 6.27. The van der Waals surface area contributed by atoms with Gasteiger partial charge in [-0.2, -0.15) is 4.98 Å². The molecule has 7 nitrogen and oxygen atoms in total. The van der Waals surface area contributed by atoms with Crippen molar-refractivity contribution in [3.63, 3.8) is 0 Å². The average molecular weight is 663 g/mol. The second-order valence-electron chi connectivity index (χ2n) is 13.1. The van der Waals surface area contributed by atoms with E-state index < -0.39 is 11.2 Å². The minimum Gasteiger partial charge on any atom is -0.465 e. The van der Waals surface area contributed by atoms with Crippen molar-refractivity contribution in [2.45, 2.75) is 44.4 Å². The molecule has 3 aliphatic rings. The van der Waals surface area contributed by atoms with Gasteiger partial charge in [0.25, 0.3) is 0 Å². The molecule has 0 N–H and O–H groups in total. The standard InChI is InChI=1S/C39H32ClFN2O5/c1-22-42-38(43-48-22)37-32(16-26(40)17-34(37)41)24-12-13-27-23(14-24)10-11-25(27)15-35(44)39(20-46-21-39)18-36(45)47-19-33-30-8-4-2-6-28(30)29-7-3-5-9-31(29)33/h2-9,12-14,16-17,25,33H,10-11,15,18-21H2,1H3/t25-/m1/s1. The molecular weight excluding hydrogens is 631 g/mol. The first-order valence-corrected chi connectivity index (χ1v) is 16.6. The Morgan fingerprint density at radius 2 is 1.69 bits per heavy atom. The first kappa shape index (κ1) is 30.7. The van der Waals surface area contributed by atoms with E-state index in [1.807, 2.05) is 42.5 Å². The van der Waals surface area contributed by atoms with Gasteiger partial charge >= 0.3 is 5.97 Å². The molecule has 4 aromatic carbocycles. The summed E-state index contributed by atoms with van der Waals surface area (Å²) in [7, 11) is 0. The van der Waals surface area contributed by atoms with Crippen LogP contribution in [0, 0.1) is 18.2 Å². The molecule has 48 heavy (non-hydrogen) atoms. The Kier molecular flexibility index (Phi) is 7.73. The zero-order chi connectivity index (χ0) is 33.0. The topological polar surface area (TPSA) is 91.5 Å². The van der Waals surface area contributed by atoms with Crippen molar-refractivity contribution >= 4 is 23.4 Å². The van der Waals surface area contributed by atoms with E-state index in [9.17, 15) is 9.59 Å². The molecule has 5 aromatic rings. The normalized spacial score (nSPS) is 17.4. The maximum absolute atomic E-state index is 15.2. The van der Waals surface area contributed by atoms with Crippen molar-refractivity contribution < 1.29 is 28.0 Å². The van der Waals surface area contributed by atoms with E-state index in [-0.39, 0.29) is 66.2 Å². The van der Waals surface area contributed by atoms with Gasteiger partial charge in [-0.15, -0.1) is 0 Å². The lowest BCUT2D eigenvalue weighted by atomic mass is 9.74. The maximum Gasteiger partial charge on any atom is 0.307 e. The largest absolute Gasteiger partial charge is 0.465 e. The third kappa shape index (κ3) is 5.33. The van der Waals surface area contributed by atoms with Crippen LogP contribution in [0.3, 0.4) is 0 Å². The Balaban J connectivity index is 0.961. The van der Waals surface area contributed by atoms with E-state index in [1.165, 1.54) is 17.2 Å². The Hall–Kier alpha value is -4.66. The second kappa shape index (κ2) is 12.1. The number of aromatic nitrogens is 2. The van der Waals surface area contributed by atoms with E-state index >= 15 is 4.39 Å². The number of benzene rings is 4. The van der Waals surface area contributed by atoms with Gasteiger partial charge in [0.05, 0.1) is 30.6 Å². The Morgan fingerprint density at radius 1 is 0.958 bits per heavy atom. The van der Waals surface area contributed by atoms with Crippen LogP contribution in [0.5, 0.6) is 0 Å². The van der Waals surface area contributed by atoms with Crippen LogP contribution >= 0.6 is 11.6 Å². The van der Waals surface area contributed by atoms with E-state index in [0.717, 1.165) is 40.7 Å². The number of hydrogen-bond acceptors (Lipinski definition) is 7. The third-order valence-electron chi connectivity index (χ3n) is 10.1. The van der Waals surface area contributed by atoms with Gasteiger partial charge in [-0.05, 0) is 75.4 Å². The Morgan fingerprint density at radius 3 is 2.35 bits per heavy atom. The van der Waals surface area contributed by atoms with Crippen LogP contribution in [0.1, 0.15) is 59.2 Å². The van der Waals surface area contributed by atoms with Gasteiger partial charge in [-0.1, -0.05) is 83.5 Å². The number of carbonyl (C=O) groups excluding carboxylic acids is 2. The van der Waals surface area contributed by atoms with Gasteiger partial charge in [0.2, 0.25) is 11.7 Å². The van der Waals surface area contributed by atoms with Gasteiger partial charge in [0.1, 0.15) is 18.2 Å². The van der Waals surface area contributed by atoms with E-state index in [2.05, 4.69) is 34.4 Å². The monoisotopic (exact) mass is 662 g/mol. The highest BCUT2D eigenvalue weighted by Gasteiger charge is 2.48. The summed E-state index contributed by atoms with van der Waals surface area (Å²) in [6.45, 7) is 2.31. The quantitative estimate of drug-likeness (QED) is 0.147. The third-order valence-corrected chi connectivity index (χ3v) is 10.3. The fourth-order valence-corrected chi connectivity index (χ4v) is 7.81. The lowest BCUT2D eigenvalue weighted by Gasteiger charge is -2.39. The molecule has 0 unspecified atom stereocenters. The number of ketones is 1. The average Bonchev–Trinajstić information content (AvgIpc) is 3.76. The number of carbonyl (C=O) groups is 2. The molecule has 0 radical (unpaired) electrons. The summed E-state index contributed by atoms with van der Waals surface area (Å²) in [5, 5.41) is 4.20. The molecule has 0 bridgehead atoms. The second-order valence-corrected chi connectivity index (χ2v) is 13.5. The number of ether oxygens (including phenoxy) is 2. The minimum atomic E-state index is -0.874. The summed E-state index contributed by atoms with van der Waals surface area (Å²) < 4.78 is 31.7. The molecule has 0 amide bonds. The zero-order valence-corrected chi connectivity index (χ0v) is 27.1. The van der Waals surface area contributed by atoms with Gasteiger partial charge in [-0.25, -0.2) is 4.39 Å². The molecule has 1 saturated heterocycles. The van der Waals surface area contributed by atoms with E-state index in [0.29, 0.717) is 17.9 Å². The molecule has 2 aliphatic carbocycles. The van der Waals surface area contributed by atoms with Crippen LogP contribution in [0.25, 0.3) is 33.6 Å². The molecule has 8 rings (SSSR count). The highest BCUT2D eigenvalue weighted by atomic mass is 35.5. The van der Waals surface area contributed by atoms with Crippen molar-refractivity contribution in [3.8, 4) is 33.6 Å². The number of hydrogen-bond donors (Lipinski definition) is 0. The first-order valence-electron chi connectivity index (χ1n) is 16.2. The molecule has 9 heteroatoms. The van der Waals surface area contributed by atoms with E-state index in [4.69, 9.17) is 25.6 Å². The number of rotatable bonds is 9. The molecule has 1 aromatic heterocycles. The van der Waals surface area contributed by atoms with E-state index in [1.54, 1.807) is 13.0 Å². The summed E-state index contributed by atoms with van der Waals surface area (Å²) in [6.07, 6.45) is 1.88. The van der Waals surface area contributed by atoms with Crippen molar-refractivity contribution in [1.82, 2.24) is 10.1 Å². The molecule has 1 aliphatic heterocycles. The Bertz CT molecular complexity index is 2040. The molecule has 2 heterocycles. The van der Waals surface area contributed by atoms with Gasteiger partial charge in [-0.3, -0.25) is 9.59 Å². The lowest BCUT2D eigenvalue weighted by Crippen LogP contribution is -2.51. The fraction of sp³-hybridized carbons (Fsp3) is 0.282. The molecular formula is C39H32ClFN2O5. The molecule has 242 valence electrons. The summed E-state index contributed by atoms with van der Waals surface area (Å²) in [5.41, 5.74) is 7.50. The molecule has 0 saturated carbocycles. The maximum atomic E-state index is 15.2. The van der Waals surface area contributed by atoms with Crippen LogP contribution in [0.4, 0.5) is 4.39 Å². The number of halogens is 2. The first-order chi connectivity index (χ1) is 23.3. The Labute approximate surface area is 282 Å². The smallest absolute Gasteiger partial charge is 0.307 e.